The van der Waals surface area contributed by atoms with E-state index in [4.69, 9.17) is 0 Å². The number of carbonyl (C=O) groups excluding carboxylic acids is 1. The molecule has 0 saturated carbocycles. The van der Waals surface area contributed by atoms with Crippen LogP contribution in [0.5, 0.6) is 0 Å². The third-order valence-corrected chi connectivity index (χ3v) is 6.79. The summed E-state index contributed by atoms with van der Waals surface area (Å²) in [6, 6.07) is 20.2. The van der Waals surface area contributed by atoms with Crippen LogP contribution in [-0.2, 0) is 21.4 Å². The molecule has 1 aromatic heterocycles. The average Bonchev–Trinajstić information content (AvgIpc) is 3.26. The monoisotopic (exact) mass is 452 g/mol. The number of rotatable bonds is 7. The van der Waals surface area contributed by atoms with Crippen molar-refractivity contribution in [1.82, 2.24) is 18.8 Å². The number of hydrogen-bond donors (Lipinski definition) is 2. The van der Waals surface area contributed by atoms with E-state index >= 15 is 0 Å². The van der Waals surface area contributed by atoms with Gasteiger partial charge in [0.1, 0.15) is 22.0 Å². The third-order valence-electron chi connectivity index (χ3n) is 4.79. The van der Waals surface area contributed by atoms with Crippen molar-refractivity contribution in [2.24, 2.45) is 0 Å². The number of amides is 1. The second-order valence-corrected chi connectivity index (χ2v) is 9.27. The van der Waals surface area contributed by atoms with E-state index in [9.17, 15) is 13.2 Å². The van der Waals surface area contributed by atoms with E-state index < -0.39 is 22.0 Å². The predicted molar refractivity (Wildman–Crippen MR) is 120 cm³/mol. The third kappa shape index (κ3) is 4.79. The molecule has 0 aliphatic rings. The van der Waals surface area contributed by atoms with Gasteiger partial charge in [0.25, 0.3) is 0 Å². The Hall–Kier alpha value is -3.14. The first kappa shape index (κ1) is 21.1. The molecule has 0 saturated heterocycles. The van der Waals surface area contributed by atoms with Gasteiger partial charge in [0.15, 0.2) is 0 Å². The number of benzene rings is 3. The van der Waals surface area contributed by atoms with E-state index in [2.05, 4.69) is 18.8 Å². The molecule has 4 aromatic rings. The molecular formula is C22H20N4O3S2. The van der Waals surface area contributed by atoms with Crippen LogP contribution in [0.3, 0.4) is 0 Å². The fourth-order valence-electron chi connectivity index (χ4n) is 3.13. The maximum atomic E-state index is 13.2. The minimum Gasteiger partial charge on any atom is -0.350 e. The summed E-state index contributed by atoms with van der Waals surface area (Å²) in [4.78, 5) is 13.0. The maximum Gasteiger partial charge on any atom is 0.243 e. The normalized spacial score (nSPS) is 12.5. The van der Waals surface area contributed by atoms with Crippen molar-refractivity contribution in [3.05, 3.63) is 89.5 Å². The molecule has 2 N–H and O–H groups in total. The van der Waals surface area contributed by atoms with Crippen molar-refractivity contribution in [2.45, 2.75) is 24.4 Å². The zero-order chi connectivity index (χ0) is 21.8. The Morgan fingerprint density at radius 3 is 2.45 bits per heavy atom. The number of sulfonamides is 1. The number of nitrogens with zero attached hydrogens (tertiary/aromatic N) is 2. The zero-order valence-corrected chi connectivity index (χ0v) is 18.3. The molecule has 0 aliphatic heterocycles. The summed E-state index contributed by atoms with van der Waals surface area (Å²) in [6.07, 6.45) is 0. The molecule has 0 unspecified atom stereocenters. The lowest BCUT2D eigenvalue weighted by Gasteiger charge is -2.19. The molecule has 1 amide bonds. The summed E-state index contributed by atoms with van der Waals surface area (Å²) in [7, 11) is -4.04. The molecule has 0 radical (unpaired) electrons. The molecule has 9 heteroatoms. The largest absolute Gasteiger partial charge is 0.350 e. The standard InChI is InChI=1S/C22H20N4O3S2/c1-15-10-12-16(13-11-15)14-23-22(27)20(17-6-3-2-4-7-17)26-31(28,29)19-9-5-8-18-21(19)25-30-24-18/h2-13,20,26H,14H2,1H3,(H,23,27)/t20-/m1/s1. The summed E-state index contributed by atoms with van der Waals surface area (Å²) in [5.41, 5.74) is 3.36. The smallest absolute Gasteiger partial charge is 0.243 e. The first-order valence-electron chi connectivity index (χ1n) is 9.56. The van der Waals surface area contributed by atoms with Gasteiger partial charge in [-0.3, -0.25) is 4.79 Å². The summed E-state index contributed by atoms with van der Waals surface area (Å²) < 4.78 is 37.1. The van der Waals surface area contributed by atoms with Crippen molar-refractivity contribution < 1.29 is 13.2 Å². The summed E-state index contributed by atoms with van der Waals surface area (Å²) in [5, 5.41) is 2.83. The highest BCUT2D eigenvalue weighted by atomic mass is 32.2. The summed E-state index contributed by atoms with van der Waals surface area (Å²) in [6.45, 7) is 2.27. The highest BCUT2D eigenvalue weighted by Gasteiger charge is 2.29. The Morgan fingerprint density at radius 2 is 1.71 bits per heavy atom. The predicted octanol–water partition coefficient (Wildman–Crippen LogP) is 3.34. The van der Waals surface area contributed by atoms with Crippen LogP contribution in [0.25, 0.3) is 11.0 Å². The first-order valence-corrected chi connectivity index (χ1v) is 11.8. The van der Waals surface area contributed by atoms with Gasteiger partial charge in [0, 0.05) is 6.54 Å². The van der Waals surface area contributed by atoms with Crippen LogP contribution in [0.2, 0.25) is 0 Å². The van der Waals surface area contributed by atoms with Gasteiger partial charge >= 0.3 is 0 Å². The Labute approximate surface area is 184 Å². The van der Waals surface area contributed by atoms with Crippen LogP contribution in [-0.4, -0.2) is 23.1 Å². The maximum absolute atomic E-state index is 13.2. The second kappa shape index (κ2) is 8.93. The van der Waals surface area contributed by atoms with Crippen LogP contribution >= 0.6 is 11.7 Å². The molecule has 1 heterocycles. The van der Waals surface area contributed by atoms with E-state index in [0.29, 0.717) is 11.1 Å². The second-order valence-electron chi connectivity index (χ2n) is 7.06. The zero-order valence-electron chi connectivity index (χ0n) is 16.6. The highest BCUT2D eigenvalue weighted by Crippen LogP contribution is 2.24. The molecule has 4 rings (SSSR count). The molecule has 0 bridgehead atoms. The first-order chi connectivity index (χ1) is 14.9. The van der Waals surface area contributed by atoms with Crippen LogP contribution < -0.4 is 10.0 Å². The fraction of sp³-hybridized carbons (Fsp3) is 0.136. The van der Waals surface area contributed by atoms with E-state index in [1.54, 1.807) is 42.5 Å². The molecule has 0 spiro atoms. The lowest BCUT2D eigenvalue weighted by atomic mass is 10.1. The molecular weight excluding hydrogens is 432 g/mol. The van der Waals surface area contributed by atoms with Gasteiger partial charge in [-0.1, -0.05) is 66.2 Å². The number of carbonyl (C=O) groups is 1. The Kier molecular flexibility index (Phi) is 6.08. The van der Waals surface area contributed by atoms with Gasteiger partial charge in [0.05, 0.1) is 11.7 Å². The van der Waals surface area contributed by atoms with Gasteiger partial charge < -0.3 is 5.32 Å². The van der Waals surface area contributed by atoms with Crippen LogP contribution in [0.4, 0.5) is 0 Å². The molecule has 1 atom stereocenters. The lowest BCUT2D eigenvalue weighted by Crippen LogP contribution is -2.40. The molecule has 0 fully saturated rings. The van der Waals surface area contributed by atoms with E-state index in [0.717, 1.165) is 22.9 Å². The van der Waals surface area contributed by atoms with Gasteiger partial charge in [0.2, 0.25) is 15.9 Å². The van der Waals surface area contributed by atoms with Gasteiger partial charge in [-0.15, -0.1) is 0 Å². The van der Waals surface area contributed by atoms with Crippen molar-refractivity contribution >= 4 is 38.7 Å². The average molecular weight is 453 g/mol. The van der Waals surface area contributed by atoms with Crippen molar-refractivity contribution in [2.75, 3.05) is 0 Å². The number of aryl methyl sites for hydroxylation is 1. The molecule has 3 aromatic carbocycles. The molecule has 0 aliphatic carbocycles. The summed E-state index contributed by atoms with van der Waals surface area (Å²) >= 11 is 0.940. The number of fused-ring (bicyclic) bond motifs is 1. The van der Waals surface area contributed by atoms with Crippen LogP contribution in [0.1, 0.15) is 22.7 Å². The SMILES string of the molecule is Cc1ccc(CNC(=O)[C@H](NS(=O)(=O)c2cccc3nsnc23)c2ccccc2)cc1. The minimum absolute atomic E-state index is 0.00832. The Morgan fingerprint density at radius 1 is 0.968 bits per heavy atom. The Bertz CT molecular complexity index is 1300. The van der Waals surface area contributed by atoms with Crippen molar-refractivity contribution in [1.29, 1.82) is 0 Å². The van der Waals surface area contributed by atoms with Gasteiger partial charge in [-0.25, -0.2) is 8.42 Å². The number of hydrogen-bond acceptors (Lipinski definition) is 6. The van der Waals surface area contributed by atoms with Crippen LogP contribution in [0, 0.1) is 6.92 Å². The quantitative estimate of drug-likeness (QED) is 0.448. The van der Waals surface area contributed by atoms with E-state index in [1.807, 2.05) is 31.2 Å². The molecule has 31 heavy (non-hydrogen) atoms. The van der Waals surface area contributed by atoms with Crippen molar-refractivity contribution in [3.8, 4) is 0 Å². The van der Waals surface area contributed by atoms with E-state index in [-0.39, 0.29) is 17.0 Å². The van der Waals surface area contributed by atoms with Gasteiger partial charge in [-0.05, 0) is 30.2 Å². The van der Waals surface area contributed by atoms with Gasteiger partial charge in [-0.2, -0.15) is 13.5 Å². The Balaban J connectivity index is 1.61. The molecule has 158 valence electrons. The lowest BCUT2D eigenvalue weighted by molar-refractivity contribution is -0.123. The fourth-order valence-corrected chi connectivity index (χ4v) is 5.08. The molecule has 7 nitrogen and oxygen atoms in total. The summed E-state index contributed by atoms with van der Waals surface area (Å²) in [5.74, 6) is -0.445. The van der Waals surface area contributed by atoms with E-state index in [1.165, 1.54) is 6.07 Å². The van der Waals surface area contributed by atoms with Crippen LogP contribution in [0.15, 0.2) is 77.7 Å². The minimum atomic E-state index is -4.04. The number of aromatic nitrogens is 2. The topological polar surface area (TPSA) is 101 Å². The highest BCUT2D eigenvalue weighted by molar-refractivity contribution is 7.89. The van der Waals surface area contributed by atoms with Crippen molar-refractivity contribution in [3.63, 3.8) is 0 Å². The number of nitrogens with one attached hydrogen (secondary N) is 2.